The summed E-state index contributed by atoms with van der Waals surface area (Å²) in [6.07, 6.45) is 3.31. The van der Waals surface area contributed by atoms with Crippen LogP contribution < -0.4 is 10.5 Å². The minimum absolute atomic E-state index is 0. The van der Waals surface area contributed by atoms with Crippen molar-refractivity contribution in [3.8, 4) is 5.75 Å². The number of hydrogen-bond acceptors (Lipinski definition) is 2. The first-order chi connectivity index (χ1) is 9.34. The van der Waals surface area contributed by atoms with E-state index < -0.39 is 0 Å². The lowest BCUT2D eigenvalue weighted by Gasteiger charge is -2.24. The molecule has 0 aromatic heterocycles. The smallest absolute Gasteiger partial charge is 0.123 e. The van der Waals surface area contributed by atoms with Crippen molar-refractivity contribution < 1.29 is 4.74 Å². The standard InChI is InChI=1S/C17H19NO.ClH/c18-16-10-4-9-15-14(16)8-5-11-17(15)19-12-13-6-2-1-3-7-13;/h1-3,5-8,11,16H,4,9-10,12,18H2;1H. The first-order valence-corrected chi connectivity index (χ1v) is 6.88. The van der Waals surface area contributed by atoms with Crippen molar-refractivity contribution in [2.45, 2.75) is 31.9 Å². The third kappa shape index (κ3) is 3.14. The lowest BCUT2D eigenvalue weighted by Crippen LogP contribution is -2.18. The second kappa shape index (κ2) is 6.78. The lowest BCUT2D eigenvalue weighted by atomic mass is 9.87. The predicted octanol–water partition coefficient (Wildman–Crippen LogP) is 4.02. The van der Waals surface area contributed by atoms with Crippen LogP contribution in [0.25, 0.3) is 0 Å². The van der Waals surface area contributed by atoms with Crippen LogP contribution in [0.2, 0.25) is 0 Å². The molecule has 0 amide bonds. The number of nitrogens with two attached hydrogens (primary N) is 1. The van der Waals surface area contributed by atoms with E-state index in [4.69, 9.17) is 10.5 Å². The van der Waals surface area contributed by atoms with E-state index in [0.717, 1.165) is 25.0 Å². The molecule has 1 unspecified atom stereocenters. The molecule has 0 heterocycles. The van der Waals surface area contributed by atoms with Crippen molar-refractivity contribution in [3.05, 3.63) is 65.2 Å². The molecule has 20 heavy (non-hydrogen) atoms. The Bertz CT molecular complexity index is 556. The quantitative estimate of drug-likeness (QED) is 0.926. The van der Waals surface area contributed by atoms with Crippen molar-refractivity contribution in [2.24, 2.45) is 5.73 Å². The zero-order valence-corrected chi connectivity index (χ0v) is 12.2. The van der Waals surface area contributed by atoms with Crippen LogP contribution in [0.3, 0.4) is 0 Å². The summed E-state index contributed by atoms with van der Waals surface area (Å²) in [6.45, 7) is 0.618. The minimum Gasteiger partial charge on any atom is -0.489 e. The van der Waals surface area contributed by atoms with Gasteiger partial charge in [0.2, 0.25) is 0 Å². The summed E-state index contributed by atoms with van der Waals surface area (Å²) in [6, 6.07) is 16.7. The van der Waals surface area contributed by atoms with E-state index in [2.05, 4.69) is 24.3 Å². The van der Waals surface area contributed by atoms with E-state index in [-0.39, 0.29) is 18.4 Å². The van der Waals surface area contributed by atoms with E-state index in [0.29, 0.717) is 6.61 Å². The highest BCUT2D eigenvalue weighted by atomic mass is 35.5. The number of hydrogen-bond donors (Lipinski definition) is 1. The van der Waals surface area contributed by atoms with Crippen LogP contribution >= 0.6 is 12.4 Å². The second-order valence-corrected chi connectivity index (χ2v) is 5.10. The Morgan fingerprint density at radius 2 is 1.85 bits per heavy atom. The molecule has 1 aliphatic rings. The van der Waals surface area contributed by atoms with Crippen molar-refractivity contribution in [1.29, 1.82) is 0 Å². The third-order valence-electron chi connectivity index (χ3n) is 3.75. The molecule has 0 bridgehead atoms. The van der Waals surface area contributed by atoms with Gasteiger partial charge in [0.05, 0.1) is 0 Å². The monoisotopic (exact) mass is 289 g/mol. The van der Waals surface area contributed by atoms with E-state index in [1.54, 1.807) is 0 Å². The highest BCUT2D eigenvalue weighted by molar-refractivity contribution is 5.85. The molecule has 0 fully saturated rings. The first-order valence-electron chi connectivity index (χ1n) is 6.88. The number of benzene rings is 2. The Balaban J connectivity index is 0.00000147. The molecule has 0 radical (unpaired) electrons. The zero-order valence-electron chi connectivity index (χ0n) is 11.4. The summed E-state index contributed by atoms with van der Waals surface area (Å²) in [7, 11) is 0. The molecule has 2 N–H and O–H groups in total. The topological polar surface area (TPSA) is 35.2 Å². The fourth-order valence-electron chi connectivity index (χ4n) is 2.72. The minimum atomic E-state index is 0. The molecule has 0 saturated carbocycles. The summed E-state index contributed by atoms with van der Waals surface area (Å²) in [5.74, 6) is 0.997. The van der Waals surface area contributed by atoms with Crippen LogP contribution in [-0.4, -0.2) is 0 Å². The van der Waals surface area contributed by atoms with Gasteiger partial charge in [0.1, 0.15) is 12.4 Å². The van der Waals surface area contributed by atoms with Crippen LogP contribution in [0.15, 0.2) is 48.5 Å². The summed E-state index contributed by atoms with van der Waals surface area (Å²) >= 11 is 0. The van der Waals surface area contributed by atoms with Gasteiger partial charge in [-0.1, -0.05) is 42.5 Å². The molecule has 2 aromatic rings. The Morgan fingerprint density at radius 3 is 2.65 bits per heavy atom. The Labute approximate surface area is 126 Å². The molecule has 0 spiro atoms. The highest BCUT2D eigenvalue weighted by Gasteiger charge is 2.19. The normalized spacial score (nSPS) is 16.9. The van der Waals surface area contributed by atoms with Gasteiger partial charge in [-0.15, -0.1) is 12.4 Å². The number of halogens is 1. The van der Waals surface area contributed by atoms with Crippen LogP contribution in [0.5, 0.6) is 5.75 Å². The van der Waals surface area contributed by atoms with Gasteiger partial charge in [0, 0.05) is 6.04 Å². The first kappa shape index (κ1) is 14.9. The average Bonchev–Trinajstić information content (AvgIpc) is 2.47. The fraction of sp³-hybridized carbons (Fsp3) is 0.294. The molecule has 2 aromatic carbocycles. The summed E-state index contributed by atoms with van der Waals surface area (Å²) in [5.41, 5.74) is 9.93. The second-order valence-electron chi connectivity index (χ2n) is 5.10. The lowest BCUT2D eigenvalue weighted by molar-refractivity contribution is 0.300. The maximum Gasteiger partial charge on any atom is 0.123 e. The van der Waals surface area contributed by atoms with E-state index in [9.17, 15) is 0 Å². The Hall–Kier alpha value is -1.51. The average molecular weight is 290 g/mol. The van der Waals surface area contributed by atoms with E-state index in [1.807, 2.05) is 24.3 Å². The molecule has 0 saturated heterocycles. The largest absolute Gasteiger partial charge is 0.489 e. The van der Waals surface area contributed by atoms with Crippen molar-refractivity contribution in [2.75, 3.05) is 0 Å². The molecule has 106 valence electrons. The molecule has 3 rings (SSSR count). The van der Waals surface area contributed by atoms with Crippen LogP contribution in [0.1, 0.15) is 35.6 Å². The SMILES string of the molecule is Cl.NC1CCCc2c(OCc3ccccc3)cccc21. The highest BCUT2D eigenvalue weighted by Crippen LogP contribution is 2.34. The van der Waals surface area contributed by atoms with Gasteiger partial charge < -0.3 is 10.5 Å². The van der Waals surface area contributed by atoms with E-state index >= 15 is 0 Å². The zero-order chi connectivity index (χ0) is 13.1. The number of fused-ring (bicyclic) bond motifs is 1. The van der Waals surface area contributed by atoms with E-state index in [1.165, 1.54) is 16.7 Å². The van der Waals surface area contributed by atoms with Gasteiger partial charge in [-0.3, -0.25) is 0 Å². The molecule has 2 nitrogen and oxygen atoms in total. The van der Waals surface area contributed by atoms with Gasteiger partial charge in [-0.2, -0.15) is 0 Å². The predicted molar refractivity (Wildman–Crippen MR) is 84.3 cm³/mol. The molecule has 0 aliphatic heterocycles. The molecule has 3 heteroatoms. The summed E-state index contributed by atoms with van der Waals surface area (Å²) < 4.78 is 5.98. The summed E-state index contributed by atoms with van der Waals surface area (Å²) in [4.78, 5) is 0. The number of ether oxygens (including phenoxy) is 1. The van der Waals surface area contributed by atoms with Crippen LogP contribution in [0.4, 0.5) is 0 Å². The van der Waals surface area contributed by atoms with Gasteiger partial charge >= 0.3 is 0 Å². The maximum atomic E-state index is 6.17. The van der Waals surface area contributed by atoms with Crippen LogP contribution in [0, 0.1) is 0 Å². The van der Waals surface area contributed by atoms with Crippen molar-refractivity contribution >= 4 is 12.4 Å². The van der Waals surface area contributed by atoms with Gasteiger partial charge in [-0.05, 0) is 42.0 Å². The number of rotatable bonds is 3. The Kier molecular flexibility index (Phi) is 5.05. The van der Waals surface area contributed by atoms with Gasteiger partial charge in [0.15, 0.2) is 0 Å². The molecule has 1 atom stereocenters. The van der Waals surface area contributed by atoms with Crippen LogP contribution in [-0.2, 0) is 13.0 Å². The molecular formula is C17H20ClNO. The van der Waals surface area contributed by atoms with Gasteiger partial charge in [0.25, 0.3) is 0 Å². The molecule has 1 aliphatic carbocycles. The van der Waals surface area contributed by atoms with Crippen molar-refractivity contribution in [1.82, 2.24) is 0 Å². The van der Waals surface area contributed by atoms with Gasteiger partial charge in [-0.25, -0.2) is 0 Å². The van der Waals surface area contributed by atoms with Crippen molar-refractivity contribution in [3.63, 3.8) is 0 Å². The Morgan fingerprint density at radius 1 is 1.05 bits per heavy atom. The maximum absolute atomic E-state index is 6.17. The summed E-state index contributed by atoms with van der Waals surface area (Å²) in [5, 5.41) is 0. The third-order valence-corrected chi connectivity index (χ3v) is 3.75. The fourth-order valence-corrected chi connectivity index (χ4v) is 2.72. The molecular weight excluding hydrogens is 270 g/mol.